The summed E-state index contributed by atoms with van der Waals surface area (Å²) in [5.74, 6) is 0. The van der Waals surface area contributed by atoms with Gasteiger partial charge in [0.25, 0.3) is 0 Å². The van der Waals surface area contributed by atoms with Gasteiger partial charge in [0.1, 0.15) is 11.2 Å². The molecule has 0 unspecified atom stereocenters. The van der Waals surface area contributed by atoms with E-state index < -0.39 is 8.07 Å². The maximum atomic E-state index is 6.72. The predicted octanol–water partition coefficient (Wildman–Crippen LogP) is 14.4. The third-order valence-corrected chi connectivity index (χ3v) is 13.9. The molecule has 0 N–H and O–H groups in total. The number of hydrogen-bond donors (Lipinski definition) is 0. The fraction of sp³-hybridized carbons (Fsp3) is 0.115. The van der Waals surface area contributed by atoms with E-state index in [0.717, 1.165) is 55.5 Å². The third-order valence-electron chi connectivity index (χ3n) is 11.9. The molecule has 1 aliphatic carbocycles. The Labute approximate surface area is 324 Å². The van der Waals surface area contributed by atoms with E-state index in [2.05, 4.69) is 208 Å². The first-order valence-electron chi connectivity index (χ1n) is 19.3. The molecular formula is C52H43NOSi. The molecule has 266 valence electrons. The first-order valence-corrected chi connectivity index (χ1v) is 22.8. The molecule has 1 aliphatic rings. The lowest BCUT2D eigenvalue weighted by molar-refractivity contribution is 0.660. The van der Waals surface area contributed by atoms with Crippen molar-refractivity contribution in [1.29, 1.82) is 0 Å². The van der Waals surface area contributed by atoms with Gasteiger partial charge >= 0.3 is 0 Å². The van der Waals surface area contributed by atoms with Gasteiger partial charge < -0.3 is 9.32 Å². The summed E-state index contributed by atoms with van der Waals surface area (Å²) < 4.78 is 6.72. The molecule has 0 bridgehead atoms. The monoisotopic (exact) mass is 725 g/mol. The molecule has 3 heteroatoms. The minimum absolute atomic E-state index is 0.0480. The van der Waals surface area contributed by atoms with Crippen molar-refractivity contribution in [2.24, 2.45) is 0 Å². The smallest absolute Gasteiger partial charge is 0.143 e. The number of anilines is 3. The predicted molar refractivity (Wildman–Crippen MR) is 237 cm³/mol. The van der Waals surface area contributed by atoms with Crippen LogP contribution in [0.1, 0.15) is 25.0 Å². The van der Waals surface area contributed by atoms with Crippen molar-refractivity contribution < 1.29 is 4.42 Å². The molecule has 1 aromatic heterocycles. The molecule has 0 radical (unpaired) electrons. The highest BCUT2D eigenvalue weighted by atomic mass is 28.3. The van der Waals surface area contributed by atoms with E-state index in [0.29, 0.717) is 0 Å². The SMILES string of the molecule is CC1(C)c2ccccc2-c2cc(N(c3ccc(-c4ccc([Si](C)(C)C)cc4)cc3)c3ccc(-c4cccc5c4oc4c6ccccc6ccc54)cc3)ccc21. The second kappa shape index (κ2) is 12.4. The van der Waals surface area contributed by atoms with Crippen LogP contribution in [0.15, 0.2) is 174 Å². The molecule has 0 fully saturated rings. The van der Waals surface area contributed by atoms with Crippen molar-refractivity contribution in [2.75, 3.05) is 4.90 Å². The molecule has 2 nitrogen and oxygen atoms in total. The summed E-state index contributed by atoms with van der Waals surface area (Å²) in [6.07, 6.45) is 0. The number of rotatable bonds is 6. The number of nitrogens with zero attached hydrogens (tertiary/aromatic N) is 1. The van der Waals surface area contributed by atoms with Crippen LogP contribution in [-0.2, 0) is 5.41 Å². The number of benzene rings is 8. The van der Waals surface area contributed by atoms with Gasteiger partial charge in [-0.1, -0.05) is 166 Å². The molecule has 1 heterocycles. The Balaban J connectivity index is 1.08. The van der Waals surface area contributed by atoms with Crippen LogP contribution in [0.3, 0.4) is 0 Å². The van der Waals surface area contributed by atoms with Gasteiger partial charge in [-0.2, -0.15) is 0 Å². The Hall–Kier alpha value is -6.16. The summed E-state index contributed by atoms with van der Waals surface area (Å²) in [6.45, 7) is 11.9. The van der Waals surface area contributed by atoms with E-state index in [1.54, 1.807) is 0 Å². The van der Waals surface area contributed by atoms with Crippen LogP contribution < -0.4 is 10.1 Å². The molecule has 0 spiro atoms. The van der Waals surface area contributed by atoms with Crippen molar-refractivity contribution in [3.05, 3.63) is 181 Å². The van der Waals surface area contributed by atoms with E-state index in [9.17, 15) is 0 Å². The van der Waals surface area contributed by atoms with Gasteiger partial charge in [-0.05, 0) is 86.8 Å². The van der Waals surface area contributed by atoms with E-state index in [-0.39, 0.29) is 5.41 Å². The molecule has 0 saturated carbocycles. The zero-order chi connectivity index (χ0) is 37.5. The van der Waals surface area contributed by atoms with E-state index in [1.807, 2.05) is 0 Å². The zero-order valence-corrected chi connectivity index (χ0v) is 33.0. The minimum atomic E-state index is -1.36. The Morgan fingerprint density at radius 2 is 1.00 bits per heavy atom. The molecule has 55 heavy (non-hydrogen) atoms. The van der Waals surface area contributed by atoms with Crippen LogP contribution in [0.25, 0.3) is 66.1 Å². The molecule has 8 aromatic carbocycles. The normalized spacial score (nSPS) is 13.3. The Kier molecular flexibility index (Phi) is 7.56. The number of hydrogen-bond acceptors (Lipinski definition) is 2. The van der Waals surface area contributed by atoms with E-state index in [1.165, 1.54) is 44.0 Å². The van der Waals surface area contributed by atoms with Crippen molar-refractivity contribution in [1.82, 2.24) is 0 Å². The summed E-state index contributed by atoms with van der Waals surface area (Å²) in [5.41, 5.74) is 15.2. The summed E-state index contributed by atoms with van der Waals surface area (Å²) in [7, 11) is -1.36. The highest BCUT2D eigenvalue weighted by Crippen LogP contribution is 2.51. The average molecular weight is 726 g/mol. The lowest BCUT2D eigenvalue weighted by atomic mass is 9.82. The van der Waals surface area contributed by atoms with Gasteiger partial charge in [-0.25, -0.2) is 0 Å². The van der Waals surface area contributed by atoms with Crippen LogP contribution in [0, 0.1) is 0 Å². The van der Waals surface area contributed by atoms with Gasteiger partial charge in [0.05, 0.1) is 8.07 Å². The van der Waals surface area contributed by atoms with Gasteiger partial charge in [0.15, 0.2) is 0 Å². The Morgan fingerprint density at radius 1 is 0.436 bits per heavy atom. The van der Waals surface area contributed by atoms with Gasteiger partial charge in [-0.15, -0.1) is 0 Å². The molecule has 9 aromatic rings. The lowest BCUT2D eigenvalue weighted by Gasteiger charge is -2.27. The summed E-state index contributed by atoms with van der Waals surface area (Å²) in [6, 6.07) is 62.5. The lowest BCUT2D eigenvalue weighted by Crippen LogP contribution is -2.37. The standard InChI is InChI=1S/C52H43NOSi/c1-52(2)48-16-9-8-13-44(48)47-33-40(28-32-49(47)52)53(38-24-17-34(18-25-38)35-21-29-41(30-22-35)55(3,4)5)39-26-19-37(20-27-39)43-14-10-15-45-46-31-23-36-11-6-7-12-42(36)51(46)54-50(43)45/h6-33H,1-5H3. The number of para-hydroxylation sites is 1. The highest BCUT2D eigenvalue weighted by molar-refractivity contribution is 6.88. The zero-order valence-electron chi connectivity index (χ0n) is 32.0. The largest absolute Gasteiger partial charge is 0.455 e. The maximum absolute atomic E-state index is 6.72. The second-order valence-corrected chi connectivity index (χ2v) is 21.7. The fourth-order valence-corrected chi connectivity index (χ4v) is 9.97. The Bertz CT molecular complexity index is 2910. The number of furan rings is 1. The molecule has 0 saturated heterocycles. The summed E-state index contributed by atoms with van der Waals surface area (Å²) in [4.78, 5) is 2.39. The Morgan fingerprint density at radius 3 is 1.73 bits per heavy atom. The molecule has 0 aliphatic heterocycles. The molecular weight excluding hydrogens is 683 g/mol. The average Bonchev–Trinajstić information content (AvgIpc) is 3.71. The fourth-order valence-electron chi connectivity index (χ4n) is 8.80. The topological polar surface area (TPSA) is 16.4 Å². The summed E-state index contributed by atoms with van der Waals surface area (Å²) >= 11 is 0. The van der Waals surface area contributed by atoms with Crippen molar-refractivity contribution in [2.45, 2.75) is 38.9 Å². The quantitative estimate of drug-likeness (QED) is 0.159. The van der Waals surface area contributed by atoms with Crippen molar-refractivity contribution in [3.63, 3.8) is 0 Å². The van der Waals surface area contributed by atoms with Gasteiger partial charge in [0.2, 0.25) is 0 Å². The van der Waals surface area contributed by atoms with Gasteiger partial charge in [-0.3, -0.25) is 0 Å². The molecule has 0 amide bonds. The first-order chi connectivity index (χ1) is 26.6. The maximum Gasteiger partial charge on any atom is 0.143 e. The first kappa shape index (κ1) is 33.4. The van der Waals surface area contributed by atoms with Gasteiger partial charge in [0, 0.05) is 44.2 Å². The highest BCUT2D eigenvalue weighted by Gasteiger charge is 2.35. The van der Waals surface area contributed by atoms with Crippen molar-refractivity contribution in [3.8, 4) is 33.4 Å². The molecule has 0 atom stereocenters. The van der Waals surface area contributed by atoms with Crippen LogP contribution in [0.4, 0.5) is 17.1 Å². The number of fused-ring (bicyclic) bond motifs is 8. The summed E-state index contributed by atoms with van der Waals surface area (Å²) in [5, 5.41) is 6.10. The third kappa shape index (κ3) is 5.45. The molecule has 10 rings (SSSR count). The second-order valence-electron chi connectivity index (χ2n) is 16.6. The minimum Gasteiger partial charge on any atom is -0.455 e. The van der Waals surface area contributed by atoms with Crippen LogP contribution in [0.2, 0.25) is 19.6 Å². The van der Waals surface area contributed by atoms with Crippen molar-refractivity contribution >= 4 is 63.0 Å². The van der Waals surface area contributed by atoms with E-state index >= 15 is 0 Å². The van der Waals surface area contributed by atoms with Crippen LogP contribution >= 0.6 is 0 Å². The van der Waals surface area contributed by atoms with E-state index in [4.69, 9.17) is 4.42 Å². The van der Waals surface area contributed by atoms with Crippen LogP contribution in [-0.4, -0.2) is 8.07 Å². The van der Waals surface area contributed by atoms with Crippen LogP contribution in [0.5, 0.6) is 0 Å².